The Hall–Kier alpha value is -1.14. The molecule has 3 N–H and O–H groups in total. The maximum Gasteiger partial charge on any atom is 0.306 e. The number of aliphatic hydroxyl groups is 2. The zero-order chi connectivity index (χ0) is 45.2. The van der Waals surface area contributed by atoms with Crippen LogP contribution in [0.3, 0.4) is 0 Å². The van der Waals surface area contributed by atoms with Crippen molar-refractivity contribution in [1.29, 1.82) is 0 Å². The van der Waals surface area contributed by atoms with Crippen molar-refractivity contribution in [3.63, 3.8) is 0 Å². The maximum atomic E-state index is 13.2. The number of aliphatic hydroxyl groups excluding tert-OH is 2. The Morgan fingerprint density at radius 2 is 0.677 bits per heavy atom. The third kappa shape index (κ3) is 45.4. The lowest BCUT2D eigenvalue weighted by atomic mass is 10.0. The van der Waals surface area contributed by atoms with E-state index in [1.807, 2.05) is 0 Å². The molecule has 370 valence electrons. The predicted molar refractivity (Wildman–Crippen MR) is 269 cm³/mol. The highest BCUT2D eigenvalue weighted by molar-refractivity contribution is 5.77. The Morgan fingerprint density at radius 1 is 0.403 bits per heavy atom. The van der Waals surface area contributed by atoms with E-state index in [1.54, 1.807) is 0 Å². The SMILES string of the molecule is CCCCCCCCCCCCCCCCCCCCCC(=O)OC(CCCCCCCCCCCCCCC)CC(=O)NC(CO)C(O)CCCCCCCCCCCCC. The zero-order valence-electron chi connectivity index (χ0n) is 42.3. The zero-order valence-corrected chi connectivity index (χ0v) is 42.3. The summed E-state index contributed by atoms with van der Waals surface area (Å²) in [5.74, 6) is -0.447. The lowest BCUT2D eigenvalue weighted by Crippen LogP contribution is -2.46. The Labute approximate surface area is 387 Å². The number of esters is 1. The Balaban J connectivity index is 4.43. The largest absolute Gasteiger partial charge is 0.462 e. The van der Waals surface area contributed by atoms with Gasteiger partial charge in [-0.1, -0.05) is 284 Å². The number of unbranched alkanes of at least 4 members (excludes halogenated alkanes) is 40. The van der Waals surface area contributed by atoms with E-state index in [9.17, 15) is 19.8 Å². The van der Waals surface area contributed by atoms with Gasteiger partial charge < -0.3 is 20.3 Å². The van der Waals surface area contributed by atoms with Crippen molar-refractivity contribution in [2.24, 2.45) is 0 Å². The summed E-state index contributed by atoms with van der Waals surface area (Å²) < 4.78 is 5.96. The minimum Gasteiger partial charge on any atom is -0.462 e. The summed E-state index contributed by atoms with van der Waals surface area (Å²) in [7, 11) is 0. The fourth-order valence-corrected chi connectivity index (χ4v) is 9.14. The van der Waals surface area contributed by atoms with E-state index in [1.165, 1.54) is 238 Å². The van der Waals surface area contributed by atoms with Gasteiger partial charge in [-0.25, -0.2) is 0 Å². The van der Waals surface area contributed by atoms with Crippen molar-refractivity contribution in [3.05, 3.63) is 0 Å². The van der Waals surface area contributed by atoms with Crippen LogP contribution in [0, 0.1) is 0 Å². The molecule has 62 heavy (non-hydrogen) atoms. The van der Waals surface area contributed by atoms with Gasteiger partial charge in [0.1, 0.15) is 6.10 Å². The van der Waals surface area contributed by atoms with E-state index in [-0.39, 0.29) is 24.9 Å². The lowest BCUT2D eigenvalue weighted by Gasteiger charge is -2.24. The number of nitrogens with one attached hydrogen (secondary N) is 1. The fraction of sp³-hybridized carbons (Fsp3) is 0.964. The predicted octanol–water partition coefficient (Wildman–Crippen LogP) is 17.1. The summed E-state index contributed by atoms with van der Waals surface area (Å²) >= 11 is 0. The second-order valence-corrected chi connectivity index (χ2v) is 19.7. The maximum absolute atomic E-state index is 13.2. The monoisotopic (exact) mass is 878 g/mol. The van der Waals surface area contributed by atoms with Gasteiger partial charge >= 0.3 is 5.97 Å². The normalized spacial score (nSPS) is 13.0. The molecule has 3 unspecified atom stereocenters. The Morgan fingerprint density at radius 3 is 0.984 bits per heavy atom. The number of hydrogen-bond acceptors (Lipinski definition) is 5. The van der Waals surface area contributed by atoms with E-state index in [0.29, 0.717) is 19.3 Å². The van der Waals surface area contributed by atoms with E-state index < -0.39 is 18.2 Å². The average molecular weight is 879 g/mol. The van der Waals surface area contributed by atoms with Gasteiger partial charge in [0.15, 0.2) is 0 Å². The van der Waals surface area contributed by atoms with Gasteiger partial charge in [-0.15, -0.1) is 0 Å². The molecule has 0 rings (SSSR count). The second-order valence-electron chi connectivity index (χ2n) is 19.7. The number of amides is 1. The van der Waals surface area contributed by atoms with Gasteiger partial charge in [-0.05, 0) is 25.7 Å². The molecule has 0 aliphatic rings. The summed E-state index contributed by atoms with van der Waals surface area (Å²) in [6.45, 7) is 6.52. The molecule has 1 amide bonds. The second kappa shape index (κ2) is 50.9. The van der Waals surface area contributed by atoms with E-state index in [4.69, 9.17) is 4.74 Å². The van der Waals surface area contributed by atoms with Crippen molar-refractivity contribution in [3.8, 4) is 0 Å². The van der Waals surface area contributed by atoms with Crippen LogP contribution in [-0.2, 0) is 14.3 Å². The molecule has 0 aromatic carbocycles. The van der Waals surface area contributed by atoms with Gasteiger partial charge in [0.2, 0.25) is 5.91 Å². The number of rotatable bonds is 52. The smallest absolute Gasteiger partial charge is 0.306 e. The van der Waals surface area contributed by atoms with Crippen LogP contribution in [-0.4, -0.2) is 46.9 Å². The Bertz CT molecular complexity index is 898. The molecular weight excluding hydrogens is 767 g/mol. The van der Waals surface area contributed by atoms with Crippen LogP contribution in [0.4, 0.5) is 0 Å². The van der Waals surface area contributed by atoms with Gasteiger partial charge in [-0.2, -0.15) is 0 Å². The number of carbonyl (C=O) groups is 2. The molecule has 0 aromatic rings. The molecule has 3 atom stereocenters. The number of ether oxygens (including phenoxy) is 1. The van der Waals surface area contributed by atoms with E-state index >= 15 is 0 Å². The first-order valence-electron chi connectivity index (χ1n) is 28.3. The third-order valence-corrected chi connectivity index (χ3v) is 13.4. The summed E-state index contributed by atoms with van der Waals surface area (Å²) in [4.78, 5) is 26.2. The summed E-state index contributed by atoms with van der Waals surface area (Å²) in [6.07, 6.45) is 56.0. The summed E-state index contributed by atoms with van der Waals surface area (Å²) in [5.41, 5.74) is 0. The molecule has 0 radical (unpaired) electrons. The first-order chi connectivity index (χ1) is 30.5. The van der Waals surface area contributed by atoms with Crippen LogP contribution >= 0.6 is 0 Å². The van der Waals surface area contributed by atoms with Crippen molar-refractivity contribution in [2.45, 2.75) is 341 Å². The summed E-state index contributed by atoms with van der Waals surface area (Å²) in [6, 6.07) is -0.692. The Kier molecular flexibility index (Phi) is 49.9. The molecule has 0 saturated carbocycles. The molecule has 0 heterocycles. The van der Waals surface area contributed by atoms with Crippen molar-refractivity contribution in [1.82, 2.24) is 5.32 Å². The highest BCUT2D eigenvalue weighted by atomic mass is 16.5. The first kappa shape index (κ1) is 60.9. The minimum absolute atomic E-state index is 0.0881. The van der Waals surface area contributed by atoms with Crippen LogP contribution in [0.5, 0.6) is 0 Å². The van der Waals surface area contributed by atoms with E-state index in [2.05, 4.69) is 26.1 Å². The molecule has 6 heteroatoms. The van der Waals surface area contributed by atoms with E-state index in [0.717, 1.165) is 38.5 Å². The molecule has 0 bridgehead atoms. The molecular formula is C56H111NO5. The van der Waals surface area contributed by atoms with Crippen LogP contribution in [0.2, 0.25) is 0 Å². The van der Waals surface area contributed by atoms with Crippen molar-refractivity contribution in [2.75, 3.05) is 6.61 Å². The van der Waals surface area contributed by atoms with Crippen LogP contribution < -0.4 is 5.32 Å². The quantitative estimate of drug-likeness (QED) is 0.0418. The van der Waals surface area contributed by atoms with Crippen molar-refractivity contribution < 1.29 is 24.5 Å². The van der Waals surface area contributed by atoms with Crippen LogP contribution in [0.15, 0.2) is 0 Å². The molecule has 0 saturated heterocycles. The molecule has 0 aliphatic carbocycles. The highest BCUT2D eigenvalue weighted by Crippen LogP contribution is 2.19. The number of hydrogen-bond donors (Lipinski definition) is 3. The first-order valence-corrected chi connectivity index (χ1v) is 28.3. The summed E-state index contributed by atoms with van der Waals surface area (Å²) in [5, 5.41) is 23.8. The lowest BCUT2D eigenvalue weighted by molar-refractivity contribution is -0.151. The fourth-order valence-electron chi connectivity index (χ4n) is 9.14. The van der Waals surface area contributed by atoms with Crippen molar-refractivity contribution >= 4 is 11.9 Å². The van der Waals surface area contributed by atoms with Crippen LogP contribution in [0.1, 0.15) is 323 Å². The minimum atomic E-state index is -0.779. The van der Waals surface area contributed by atoms with Gasteiger partial charge in [0, 0.05) is 6.42 Å². The highest BCUT2D eigenvalue weighted by Gasteiger charge is 2.24. The van der Waals surface area contributed by atoms with Gasteiger partial charge in [0.05, 0.1) is 25.2 Å². The molecule has 0 fully saturated rings. The molecule has 6 nitrogen and oxygen atoms in total. The molecule has 0 aliphatic heterocycles. The molecule has 0 aromatic heterocycles. The topological polar surface area (TPSA) is 95.9 Å². The van der Waals surface area contributed by atoms with Gasteiger partial charge in [0.25, 0.3) is 0 Å². The van der Waals surface area contributed by atoms with Crippen LogP contribution in [0.25, 0.3) is 0 Å². The average Bonchev–Trinajstić information content (AvgIpc) is 3.26. The number of carbonyl (C=O) groups excluding carboxylic acids is 2. The molecule has 0 spiro atoms. The third-order valence-electron chi connectivity index (χ3n) is 13.4. The standard InChI is InChI=1S/C56H111NO5/c1-4-7-10-13-16-19-22-24-25-26-27-28-29-31-34-37-40-43-46-49-56(61)62-52(47-44-41-38-35-33-30-23-20-17-14-11-8-5-2)50-55(60)57-53(51-58)54(59)48-45-42-39-36-32-21-18-15-12-9-6-3/h52-54,58-59H,4-51H2,1-3H3,(H,57,60). The van der Waals surface area contributed by atoms with Gasteiger partial charge in [-0.3, -0.25) is 9.59 Å².